The molecule has 4 aliphatic rings. The molecule has 0 spiro atoms. The number of azide groups is 1. The SMILES string of the molecule is CN(C)c1ccc2c(-c3ccc(C(=O)NCCC(=O)N(CCOCCOCCOCCN=[N+]=[N-])CCC(=O)NCCOCCOCCOCCNC(=O)CCCC[C@@H]4SC[C@@H]5NC(=O)N[C@@H]54)cc3C(=O)O)c3ccc(=[N+](C)C)cc-3oc2c1. The summed E-state index contributed by atoms with van der Waals surface area (Å²) in [5.74, 6) is -0.961. The van der Waals surface area contributed by atoms with Crippen LogP contribution in [0.15, 0.2) is 64.1 Å². The van der Waals surface area contributed by atoms with E-state index < -0.39 is 11.9 Å². The first-order valence-corrected chi connectivity index (χ1v) is 29.1. The lowest BCUT2D eigenvalue weighted by molar-refractivity contribution is -0.132. The standard InChI is InChI=1S/C57H79N11O14S/c1-66(2)40-10-13-43-47(36-40)82-48-37-41(67(3)4)11-14-44(48)53(43)42-12-9-39(35-45(42)56(73)74)55(72)61-17-15-52(71)68(22-26-79-30-34-81-33-29-78-25-20-62-65-58)21-16-51(70)60-19-24-77-28-32-80-31-27-76-23-18-59-50(69)8-6-5-7-49-54-46(38-83-49)63-57(75)64-54/h9-14,35-37,46,49,54H,5-8,15-34,38H2,1-4H3,(H5-,59,60,61,63,64,69,70,72,73,74,75)/p+1/t46-,49-,54-/m0/s1. The van der Waals surface area contributed by atoms with Crippen LogP contribution in [0.5, 0.6) is 0 Å². The highest BCUT2D eigenvalue weighted by Crippen LogP contribution is 2.42. The van der Waals surface area contributed by atoms with E-state index in [4.69, 9.17) is 38.4 Å². The minimum atomic E-state index is -1.23. The Balaban J connectivity index is 0.901. The number of urea groups is 1. The molecule has 0 radical (unpaired) electrons. The van der Waals surface area contributed by atoms with E-state index >= 15 is 0 Å². The molecular weight excluding hydrogens is 1090 g/mol. The molecule has 452 valence electrons. The second kappa shape index (κ2) is 35.2. The fourth-order valence-corrected chi connectivity index (χ4v) is 10.9. The monoisotopic (exact) mass is 1170 g/mol. The Morgan fingerprint density at radius 2 is 1.40 bits per heavy atom. The highest BCUT2D eigenvalue weighted by molar-refractivity contribution is 8.00. The predicted molar refractivity (Wildman–Crippen MR) is 314 cm³/mol. The quantitative estimate of drug-likeness (QED) is 0.00706. The number of unbranched alkanes of at least 4 members (excludes halogenated alkanes) is 1. The molecule has 0 bridgehead atoms. The van der Waals surface area contributed by atoms with E-state index in [-0.39, 0.29) is 126 Å². The van der Waals surface area contributed by atoms with Crippen molar-refractivity contribution in [2.24, 2.45) is 5.11 Å². The third kappa shape index (κ3) is 21.3. The molecule has 1 aliphatic carbocycles. The third-order valence-electron chi connectivity index (χ3n) is 13.7. The number of carbonyl (C=O) groups excluding carboxylic acids is 5. The van der Waals surface area contributed by atoms with E-state index in [9.17, 15) is 33.9 Å². The second-order valence-electron chi connectivity index (χ2n) is 20.0. The number of anilines is 1. The van der Waals surface area contributed by atoms with E-state index in [1.165, 1.54) is 11.0 Å². The van der Waals surface area contributed by atoms with Crippen LogP contribution < -0.4 is 41.4 Å². The molecule has 2 aromatic carbocycles. The number of ether oxygens (including phenoxy) is 6. The number of hydrogen-bond donors (Lipinski definition) is 6. The van der Waals surface area contributed by atoms with Crippen LogP contribution in [0.1, 0.15) is 59.2 Å². The first-order chi connectivity index (χ1) is 40.2. The summed E-state index contributed by atoms with van der Waals surface area (Å²) in [5.41, 5.74) is 11.6. The predicted octanol–water partition coefficient (Wildman–Crippen LogP) is 3.71. The average molecular weight is 1180 g/mol. The largest absolute Gasteiger partial charge is 0.478 e. The van der Waals surface area contributed by atoms with Gasteiger partial charge in [-0.1, -0.05) is 17.6 Å². The lowest BCUT2D eigenvalue weighted by Crippen LogP contribution is -2.39. The number of amides is 6. The minimum Gasteiger partial charge on any atom is -0.478 e. The molecule has 3 atom stereocenters. The van der Waals surface area contributed by atoms with E-state index in [2.05, 4.69) is 36.6 Å². The number of carboxylic acid groups (broad SMARTS) is 1. The molecule has 2 aromatic rings. The molecule has 0 unspecified atom stereocenters. The number of rotatable bonds is 39. The summed E-state index contributed by atoms with van der Waals surface area (Å²) in [6.07, 6.45) is 3.02. The summed E-state index contributed by atoms with van der Waals surface area (Å²) in [6.45, 7) is 4.55. The lowest BCUT2D eigenvalue weighted by atomic mass is 9.89. The van der Waals surface area contributed by atoms with Crippen molar-refractivity contribution in [2.45, 2.75) is 55.9 Å². The Morgan fingerprint density at radius 3 is 2.06 bits per heavy atom. The second-order valence-corrected chi connectivity index (χ2v) is 21.3. The summed E-state index contributed by atoms with van der Waals surface area (Å²) >= 11 is 1.87. The maximum absolute atomic E-state index is 13.6. The van der Waals surface area contributed by atoms with Gasteiger partial charge in [-0.05, 0) is 54.3 Å². The van der Waals surface area contributed by atoms with Crippen LogP contribution in [0.4, 0.5) is 10.5 Å². The van der Waals surface area contributed by atoms with Crippen LogP contribution in [-0.2, 0) is 42.8 Å². The fraction of sp³-hybridized carbons (Fsp3) is 0.561. The maximum Gasteiger partial charge on any atom is 0.336 e. The Hall–Kier alpha value is -7.03. The highest BCUT2D eigenvalue weighted by Gasteiger charge is 2.42. The number of hydrogen-bond acceptors (Lipinski definition) is 16. The minimum absolute atomic E-state index is 0.00671. The number of nitrogens with zero attached hydrogens (tertiary/aromatic N) is 6. The summed E-state index contributed by atoms with van der Waals surface area (Å²) < 4.78 is 41.6. The average Bonchev–Trinajstić information content (AvgIpc) is 4.19. The highest BCUT2D eigenvalue weighted by atomic mass is 32.2. The molecule has 0 saturated carbocycles. The van der Waals surface area contributed by atoms with Gasteiger partial charge < -0.3 is 74.3 Å². The van der Waals surface area contributed by atoms with Crippen LogP contribution in [-0.4, -0.2) is 215 Å². The Bertz CT molecular complexity index is 2880. The number of aromatic carboxylic acids is 1. The maximum atomic E-state index is 13.6. The van der Waals surface area contributed by atoms with Gasteiger partial charge in [0.25, 0.3) is 5.91 Å². The van der Waals surface area contributed by atoms with Crippen molar-refractivity contribution >= 4 is 64.0 Å². The lowest BCUT2D eigenvalue weighted by Gasteiger charge is -2.23. The number of thioether (sulfide) groups is 1. The van der Waals surface area contributed by atoms with Crippen molar-refractivity contribution in [3.63, 3.8) is 0 Å². The first-order valence-electron chi connectivity index (χ1n) is 28.0. The van der Waals surface area contributed by atoms with Gasteiger partial charge in [0.15, 0.2) is 0 Å². The van der Waals surface area contributed by atoms with Gasteiger partial charge in [-0.3, -0.25) is 19.2 Å². The van der Waals surface area contributed by atoms with Crippen molar-refractivity contribution < 1.29 is 66.7 Å². The summed E-state index contributed by atoms with van der Waals surface area (Å²) in [7, 11) is 7.68. The number of fused-ring (bicyclic) bond motifs is 3. The zero-order valence-electron chi connectivity index (χ0n) is 48.0. The van der Waals surface area contributed by atoms with Gasteiger partial charge >= 0.3 is 12.0 Å². The molecule has 0 aromatic heterocycles. The molecule has 2 saturated heterocycles. The number of benzene rings is 3. The summed E-state index contributed by atoms with van der Waals surface area (Å²) in [6, 6.07) is 16.3. The molecule has 6 rings (SSSR count). The van der Waals surface area contributed by atoms with Crippen molar-refractivity contribution in [3.8, 4) is 22.5 Å². The van der Waals surface area contributed by atoms with Crippen molar-refractivity contribution in [1.29, 1.82) is 0 Å². The van der Waals surface area contributed by atoms with Crippen molar-refractivity contribution in [1.82, 2.24) is 36.1 Å². The zero-order chi connectivity index (χ0) is 59.3. The van der Waals surface area contributed by atoms with Gasteiger partial charge in [0.05, 0.1) is 103 Å². The van der Waals surface area contributed by atoms with E-state index in [0.717, 1.165) is 36.1 Å². The molecular formula is C57H80N11O14S+. The van der Waals surface area contributed by atoms with Crippen LogP contribution in [0.2, 0.25) is 0 Å². The van der Waals surface area contributed by atoms with Crippen LogP contribution in [0, 0.1) is 0 Å². The molecule has 3 heterocycles. The number of carbonyl (C=O) groups is 6. The Labute approximate surface area is 487 Å². The van der Waals surface area contributed by atoms with Gasteiger partial charge in [-0.25, -0.2) is 14.2 Å². The smallest absolute Gasteiger partial charge is 0.336 e. The van der Waals surface area contributed by atoms with Crippen LogP contribution in [0.3, 0.4) is 0 Å². The fourth-order valence-electron chi connectivity index (χ4n) is 9.32. The van der Waals surface area contributed by atoms with E-state index in [0.29, 0.717) is 97.9 Å². The molecule has 2 fully saturated rings. The zero-order valence-corrected chi connectivity index (χ0v) is 48.8. The van der Waals surface area contributed by atoms with E-state index in [1.54, 1.807) is 12.1 Å². The molecule has 83 heavy (non-hydrogen) atoms. The summed E-state index contributed by atoms with van der Waals surface area (Å²) in [4.78, 5) is 83.0. The topological polar surface area (TPSA) is 310 Å². The number of nitrogens with one attached hydrogen (secondary N) is 5. The normalized spacial score (nSPS) is 15.3. The van der Waals surface area contributed by atoms with Gasteiger partial charge in [-0.2, -0.15) is 11.8 Å². The van der Waals surface area contributed by atoms with Gasteiger partial charge in [-0.15, -0.1) is 0 Å². The molecule has 6 N–H and O–H groups in total. The van der Waals surface area contributed by atoms with Gasteiger partial charge in [0.2, 0.25) is 23.1 Å². The summed E-state index contributed by atoms with van der Waals surface area (Å²) in [5, 5.41) is 30.3. The molecule has 3 aliphatic heterocycles. The number of carboxylic acids is 1. The van der Waals surface area contributed by atoms with Gasteiger partial charge in [0.1, 0.15) is 25.4 Å². The van der Waals surface area contributed by atoms with Crippen molar-refractivity contribution in [3.05, 3.63) is 81.5 Å². The van der Waals surface area contributed by atoms with E-state index in [1.807, 2.05) is 85.8 Å². The Kier molecular flexibility index (Phi) is 27.6. The molecule has 6 amide bonds. The van der Waals surface area contributed by atoms with Crippen LogP contribution in [0.25, 0.3) is 43.9 Å². The van der Waals surface area contributed by atoms with Gasteiger partial charge in [0, 0.05) is 128 Å². The molecule has 25 nitrogen and oxygen atoms in total. The Morgan fingerprint density at radius 1 is 0.747 bits per heavy atom. The third-order valence-corrected chi connectivity index (χ3v) is 15.2. The van der Waals surface area contributed by atoms with Crippen LogP contribution >= 0.6 is 11.8 Å². The first kappa shape index (κ1) is 65.1. The van der Waals surface area contributed by atoms with Crippen molar-refractivity contribution in [2.75, 3.05) is 157 Å². The molecule has 26 heteroatoms.